The van der Waals surface area contributed by atoms with E-state index in [4.69, 9.17) is 4.74 Å². The first-order valence-corrected chi connectivity index (χ1v) is 11.0. The number of nitrogens with zero attached hydrogens (tertiary/aromatic N) is 1. The van der Waals surface area contributed by atoms with Crippen molar-refractivity contribution in [2.45, 2.75) is 32.1 Å². The number of amides is 1. The maximum Gasteiger partial charge on any atom is 0.414 e. The highest BCUT2D eigenvalue weighted by molar-refractivity contribution is 6.02. The van der Waals surface area contributed by atoms with Crippen LogP contribution in [0.3, 0.4) is 0 Å². The highest BCUT2D eigenvalue weighted by Crippen LogP contribution is 2.45. The summed E-state index contributed by atoms with van der Waals surface area (Å²) >= 11 is 0. The van der Waals surface area contributed by atoms with Crippen LogP contribution in [0.2, 0.25) is 0 Å². The third-order valence-corrected chi connectivity index (χ3v) is 6.66. The Labute approximate surface area is 187 Å². The lowest BCUT2D eigenvalue weighted by Gasteiger charge is -2.34. The average molecular weight is 428 g/mol. The number of benzene rings is 3. The molecule has 5 nitrogen and oxygen atoms in total. The molecule has 162 valence electrons. The number of fused-ring (bicyclic) bond motifs is 4. The number of carboxylic acid groups (broad SMARTS) is 1. The molecular weight excluding hydrogens is 402 g/mol. The van der Waals surface area contributed by atoms with E-state index in [1.807, 2.05) is 37.3 Å². The smallest absolute Gasteiger partial charge is 0.414 e. The van der Waals surface area contributed by atoms with Crippen LogP contribution in [0.4, 0.5) is 10.5 Å². The van der Waals surface area contributed by atoms with E-state index in [0.29, 0.717) is 12.2 Å². The first-order valence-electron chi connectivity index (χ1n) is 11.0. The molecular formula is C27H25NO4. The Morgan fingerprint density at radius 3 is 2.25 bits per heavy atom. The molecule has 0 saturated heterocycles. The fraction of sp³-hybridized carbons (Fsp3) is 0.259. The van der Waals surface area contributed by atoms with Crippen molar-refractivity contribution < 1.29 is 19.4 Å². The van der Waals surface area contributed by atoms with Crippen LogP contribution >= 0.6 is 0 Å². The van der Waals surface area contributed by atoms with Gasteiger partial charge in [-0.1, -0.05) is 61.5 Å². The minimum Gasteiger partial charge on any atom is -0.478 e. The predicted molar refractivity (Wildman–Crippen MR) is 124 cm³/mol. The minimum absolute atomic E-state index is 0.0357. The van der Waals surface area contributed by atoms with Gasteiger partial charge >= 0.3 is 12.1 Å². The molecule has 1 amide bonds. The number of ether oxygens (including phenoxy) is 1. The van der Waals surface area contributed by atoms with Crippen molar-refractivity contribution in [2.24, 2.45) is 0 Å². The van der Waals surface area contributed by atoms with E-state index in [-0.39, 0.29) is 24.0 Å². The van der Waals surface area contributed by atoms with E-state index >= 15 is 0 Å². The van der Waals surface area contributed by atoms with Gasteiger partial charge in [-0.05, 0) is 58.7 Å². The van der Waals surface area contributed by atoms with E-state index in [1.165, 1.54) is 16.0 Å². The topological polar surface area (TPSA) is 66.8 Å². The van der Waals surface area contributed by atoms with Gasteiger partial charge in [0.2, 0.25) is 0 Å². The summed E-state index contributed by atoms with van der Waals surface area (Å²) in [5.41, 5.74) is 7.03. The van der Waals surface area contributed by atoms with Crippen LogP contribution in [0, 0.1) is 6.92 Å². The summed E-state index contributed by atoms with van der Waals surface area (Å²) in [5, 5.41) is 9.79. The van der Waals surface area contributed by atoms with E-state index < -0.39 is 12.1 Å². The SMILES string of the molecule is Cc1cc(C(=O)O)c2c(c1)C(C)CCN2C(=O)OCC1c2ccccc2-c2ccccc21. The van der Waals surface area contributed by atoms with Crippen molar-refractivity contribution in [1.29, 1.82) is 0 Å². The quantitative estimate of drug-likeness (QED) is 0.560. The van der Waals surface area contributed by atoms with Crippen LogP contribution in [0.25, 0.3) is 11.1 Å². The summed E-state index contributed by atoms with van der Waals surface area (Å²) < 4.78 is 5.83. The second-order valence-electron chi connectivity index (χ2n) is 8.70. The van der Waals surface area contributed by atoms with E-state index in [0.717, 1.165) is 28.7 Å². The van der Waals surface area contributed by atoms with Crippen LogP contribution in [0.1, 0.15) is 57.8 Å². The number of hydrogen-bond acceptors (Lipinski definition) is 3. The fourth-order valence-corrected chi connectivity index (χ4v) is 5.09. The lowest BCUT2D eigenvalue weighted by molar-refractivity contribution is 0.0697. The molecule has 0 spiro atoms. The molecule has 1 aliphatic heterocycles. The second kappa shape index (κ2) is 7.83. The molecule has 0 radical (unpaired) electrons. The second-order valence-corrected chi connectivity index (χ2v) is 8.70. The standard InChI is InChI=1S/C27H25NO4/c1-16-13-22-17(2)11-12-28(25(22)23(14-16)26(29)30)27(31)32-15-24-20-9-5-3-7-18(20)19-8-4-6-10-21(19)24/h3-10,13-14,17,24H,11-12,15H2,1-2H3,(H,29,30). The molecule has 1 aliphatic carbocycles. The number of carbonyl (C=O) groups is 2. The molecule has 0 bridgehead atoms. The zero-order valence-corrected chi connectivity index (χ0v) is 18.2. The molecule has 3 aromatic carbocycles. The van der Waals surface area contributed by atoms with Gasteiger partial charge in [-0.2, -0.15) is 0 Å². The van der Waals surface area contributed by atoms with Crippen LogP contribution in [-0.2, 0) is 4.74 Å². The Hall–Kier alpha value is -3.60. The molecule has 3 aromatic rings. The maximum atomic E-state index is 13.2. The average Bonchev–Trinajstić information content (AvgIpc) is 3.11. The number of rotatable bonds is 3. The van der Waals surface area contributed by atoms with E-state index in [1.54, 1.807) is 6.07 Å². The molecule has 1 N–H and O–H groups in total. The molecule has 1 unspecified atom stereocenters. The highest BCUT2D eigenvalue weighted by Gasteiger charge is 2.34. The zero-order chi connectivity index (χ0) is 22.4. The van der Waals surface area contributed by atoms with Gasteiger partial charge < -0.3 is 9.84 Å². The summed E-state index contributed by atoms with van der Waals surface area (Å²) in [6, 6.07) is 20.0. The van der Waals surface area contributed by atoms with Crippen LogP contribution in [0.15, 0.2) is 60.7 Å². The summed E-state index contributed by atoms with van der Waals surface area (Å²) in [6.45, 7) is 4.60. The Morgan fingerprint density at radius 2 is 1.62 bits per heavy atom. The van der Waals surface area contributed by atoms with Crippen molar-refractivity contribution in [3.8, 4) is 11.1 Å². The molecule has 0 aromatic heterocycles. The van der Waals surface area contributed by atoms with Crippen molar-refractivity contribution in [3.63, 3.8) is 0 Å². The third-order valence-electron chi connectivity index (χ3n) is 6.66. The lowest BCUT2D eigenvalue weighted by Crippen LogP contribution is -2.38. The van der Waals surface area contributed by atoms with Crippen molar-refractivity contribution in [2.75, 3.05) is 18.1 Å². The van der Waals surface area contributed by atoms with Crippen LogP contribution < -0.4 is 4.90 Å². The zero-order valence-electron chi connectivity index (χ0n) is 18.2. The fourth-order valence-electron chi connectivity index (χ4n) is 5.09. The normalized spacial score (nSPS) is 16.8. The molecule has 1 heterocycles. The molecule has 32 heavy (non-hydrogen) atoms. The summed E-state index contributed by atoms with van der Waals surface area (Å²) in [7, 11) is 0. The van der Waals surface area contributed by atoms with Gasteiger partial charge in [-0.3, -0.25) is 4.90 Å². The first kappa shape index (κ1) is 20.3. The van der Waals surface area contributed by atoms with Gasteiger partial charge in [0.25, 0.3) is 0 Å². The van der Waals surface area contributed by atoms with E-state index in [9.17, 15) is 14.7 Å². The predicted octanol–water partition coefficient (Wildman–Crippen LogP) is 5.96. The van der Waals surface area contributed by atoms with Gasteiger partial charge in [0.05, 0.1) is 11.3 Å². The number of aryl methyl sites for hydroxylation is 1. The number of carbonyl (C=O) groups excluding carboxylic acids is 1. The first-order chi connectivity index (χ1) is 15.5. The lowest BCUT2D eigenvalue weighted by atomic mass is 9.88. The van der Waals surface area contributed by atoms with Gasteiger partial charge in [-0.15, -0.1) is 0 Å². The van der Waals surface area contributed by atoms with Crippen LogP contribution in [0.5, 0.6) is 0 Å². The van der Waals surface area contributed by atoms with Crippen LogP contribution in [-0.4, -0.2) is 30.3 Å². The van der Waals surface area contributed by atoms with Crippen molar-refractivity contribution in [3.05, 3.63) is 88.5 Å². The van der Waals surface area contributed by atoms with Gasteiger partial charge in [0, 0.05) is 12.5 Å². The summed E-state index contributed by atoms with van der Waals surface area (Å²) in [6.07, 6.45) is 0.269. The maximum absolute atomic E-state index is 13.2. The summed E-state index contributed by atoms with van der Waals surface area (Å²) in [5.74, 6) is -0.886. The molecule has 2 aliphatic rings. The third kappa shape index (κ3) is 3.25. The number of carboxylic acids is 1. The number of anilines is 1. The minimum atomic E-state index is -1.03. The van der Waals surface area contributed by atoms with Gasteiger partial charge in [0.1, 0.15) is 6.61 Å². The largest absolute Gasteiger partial charge is 0.478 e. The summed E-state index contributed by atoms with van der Waals surface area (Å²) in [4.78, 5) is 26.7. The Bertz CT molecular complexity index is 1190. The van der Waals surface area contributed by atoms with Gasteiger partial charge in [0.15, 0.2) is 0 Å². The highest BCUT2D eigenvalue weighted by atomic mass is 16.6. The molecule has 1 atom stereocenters. The number of aromatic carboxylic acids is 1. The Balaban J connectivity index is 1.44. The van der Waals surface area contributed by atoms with Gasteiger partial charge in [-0.25, -0.2) is 9.59 Å². The number of hydrogen-bond donors (Lipinski definition) is 1. The van der Waals surface area contributed by atoms with E-state index in [2.05, 4.69) is 31.2 Å². The van der Waals surface area contributed by atoms with Crippen molar-refractivity contribution in [1.82, 2.24) is 0 Å². The molecule has 0 fully saturated rings. The van der Waals surface area contributed by atoms with Crippen molar-refractivity contribution >= 4 is 17.7 Å². The molecule has 0 saturated carbocycles. The Kier molecular flexibility index (Phi) is 4.97. The monoisotopic (exact) mass is 427 g/mol. The molecule has 5 heteroatoms. The Morgan fingerprint density at radius 1 is 1.00 bits per heavy atom. The molecule has 5 rings (SSSR count).